The summed E-state index contributed by atoms with van der Waals surface area (Å²) in [6.45, 7) is 6.96. The molecule has 2 saturated carbocycles. The summed E-state index contributed by atoms with van der Waals surface area (Å²) in [5.41, 5.74) is 2.15. The second kappa shape index (κ2) is 9.90. The van der Waals surface area contributed by atoms with E-state index in [9.17, 15) is 14.7 Å². The van der Waals surface area contributed by atoms with Gasteiger partial charge in [0.05, 0.1) is 12.5 Å². The van der Waals surface area contributed by atoms with Gasteiger partial charge in [-0.25, -0.2) is 0 Å². The van der Waals surface area contributed by atoms with E-state index >= 15 is 0 Å². The van der Waals surface area contributed by atoms with Crippen molar-refractivity contribution in [2.24, 2.45) is 16.7 Å². The van der Waals surface area contributed by atoms with Gasteiger partial charge in [-0.2, -0.15) is 0 Å². The molecule has 3 aromatic carbocycles. The van der Waals surface area contributed by atoms with Crippen molar-refractivity contribution in [2.75, 3.05) is 0 Å². The van der Waals surface area contributed by atoms with Gasteiger partial charge in [0.25, 0.3) is 0 Å². The molecule has 3 aromatic rings. The number of aliphatic hydroxyl groups is 1. The summed E-state index contributed by atoms with van der Waals surface area (Å²) >= 11 is 0. The number of esters is 1. The number of carbonyl (C=O) groups excluding carboxylic acids is 2. The number of hydrogen-bond donors (Lipinski definition) is 1. The van der Waals surface area contributed by atoms with Crippen LogP contribution in [0.1, 0.15) is 63.5 Å². The third-order valence-corrected chi connectivity index (χ3v) is 9.31. The summed E-state index contributed by atoms with van der Waals surface area (Å²) in [7, 11) is 0. The lowest BCUT2D eigenvalue weighted by Gasteiger charge is -2.40. The normalized spacial score (nSPS) is 27.0. The number of fused-ring (bicyclic) bond motifs is 3. The topological polar surface area (TPSA) is 63.6 Å². The molecule has 2 fully saturated rings. The Morgan fingerprint density at radius 1 is 0.973 bits per heavy atom. The molecule has 0 radical (unpaired) electrons. The highest BCUT2D eigenvalue weighted by Gasteiger charge is 2.67. The first-order valence-corrected chi connectivity index (χ1v) is 13.3. The molecule has 1 N–H and O–H groups in total. The number of allylic oxidation sites excluding steroid dienone is 1. The van der Waals surface area contributed by atoms with Gasteiger partial charge < -0.3 is 9.84 Å². The van der Waals surface area contributed by atoms with Crippen LogP contribution in [0.25, 0.3) is 16.8 Å². The Morgan fingerprint density at radius 2 is 1.68 bits per heavy atom. The molecule has 2 bridgehead atoms. The molecule has 4 nitrogen and oxygen atoms in total. The van der Waals surface area contributed by atoms with Gasteiger partial charge in [0.15, 0.2) is 5.78 Å². The van der Waals surface area contributed by atoms with Crippen LogP contribution in [-0.4, -0.2) is 29.1 Å². The van der Waals surface area contributed by atoms with E-state index in [1.54, 1.807) is 6.08 Å². The van der Waals surface area contributed by atoms with Gasteiger partial charge in [0.1, 0.15) is 6.10 Å². The standard InChI is InChI=1S/C33H36O4/c1-32(2)28-18-19-33(32,3)30(27-15-9-13-23-12-7-8-14-26(23)27)31(28)37-29(36)21-25(35)20-24(34)17-16-22-10-5-4-6-11-22/h4-17,25,28,30-31,35H,18-21H2,1-3H3/t25-,28?,30?,31?,33+/m1/s1. The molecule has 0 spiro atoms. The fourth-order valence-electron chi connectivity index (χ4n) is 7.00. The van der Waals surface area contributed by atoms with E-state index < -0.39 is 12.1 Å². The number of hydrogen-bond acceptors (Lipinski definition) is 4. The van der Waals surface area contributed by atoms with E-state index in [1.807, 2.05) is 36.4 Å². The molecule has 0 heterocycles. The fraction of sp³-hybridized carbons (Fsp3) is 0.394. The first kappa shape index (κ1) is 25.4. The molecule has 37 heavy (non-hydrogen) atoms. The molecule has 192 valence electrons. The van der Waals surface area contributed by atoms with Crippen LogP contribution in [-0.2, 0) is 14.3 Å². The van der Waals surface area contributed by atoms with Gasteiger partial charge in [-0.15, -0.1) is 0 Å². The number of ether oxygens (including phenoxy) is 1. The molecule has 0 aromatic heterocycles. The van der Waals surface area contributed by atoms with Crippen molar-refractivity contribution in [2.45, 2.75) is 64.6 Å². The first-order valence-electron chi connectivity index (χ1n) is 13.3. The molecule has 0 aliphatic heterocycles. The van der Waals surface area contributed by atoms with Gasteiger partial charge >= 0.3 is 5.97 Å². The minimum atomic E-state index is -1.07. The maximum Gasteiger partial charge on any atom is 0.308 e. The first-order chi connectivity index (χ1) is 17.7. The van der Waals surface area contributed by atoms with Crippen LogP contribution < -0.4 is 0 Å². The molecule has 0 saturated heterocycles. The lowest BCUT2D eigenvalue weighted by Crippen LogP contribution is -2.35. The predicted molar refractivity (Wildman–Crippen MR) is 147 cm³/mol. The Labute approximate surface area is 219 Å². The van der Waals surface area contributed by atoms with Crippen LogP contribution in [0.3, 0.4) is 0 Å². The van der Waals surface area contributed by atoms with Crippen molar-refractivity contribution in [3.8, 4) is 0 Å². The molecular formula is C33H36O4. The highest BCUT2D eigenvalue weighted by molar-refractivity contribution is 5.94. The minimum absolute atomic E-state index is 0.0103. The number of aliphatic hydroxyl groups excluding tert-OH is 1. The predicted octanol–water partition coefficient (Wildman–Crippen LogP) is 6.71. The van der Waals surface area contributed by atoms with E-state index in [2.05, 4.69) is 57.2 Å². The largest absolute Gasteiger partial charge is 0.461 e. The second-order valence-electron chi connectivity index (χ2n) is 11.6. The Morgan fingerprint density at radius 3 is 2.46 bits per heavy atom. The van der Waals surface area contributed by atoms with Crippen molar-refractivity contribution >= 4 is 28.6 Å². The second-order valence-corrected chi connectivity index (χ2v) is 11.6. The molecular weight excluding hydrogens is 460 g/mol. The van der Waals surface area contributed by atoms with Gasteiger partial charge in [-0.05, 0) is 51.6 Å². The number of ketones is 1. The Balaban J connectivity index is 1.32. The summed E-state index contributed by atoms with van der Waals surface area (Å²) in [6.07, 6.45) is 3.67. The molecule has 3 unspecified atom stereocenters. The maximum absolute atomic E-state index is 13.1. The SMILES string of the molecule is CC1(C)C2CC[C@@]1(C)C(c1cccc3ccccc13)C2OC(=O)C[C@H](O)CC(=O)C=Cc1ccccc1. The molecule has 2 aliphatic carbocycles. The molecule has 5 atom stereocenters. The van der Waals surface area contributed by atoms with Crippen LogP contribution in [0.4, 0.5) is 0 Å². The molecule has 2 aliphatic rings. The third-order valence-electron chi connectivity index (χ3n) is 9.31. The van der Waals surface area contributed by atoms with Gasteiger partial charge in [-0.3, -0.25) is 9.59 Å². The van der Waals surface area contributed by atoms with E-state index in [4.69, 9.17) is 4.74 Å². The van der Waals surface area contributed by atoms with Crippen molar-refractivity contribution in [1.82, 2.24) is 0 Å². The fourth-order valence-corrected chi connectivity index (χ4v) is 7.00. The summed E-state index contributed by atoms with van der Waals surface area (Å²) < 4.78 is 6.22. The Bertz CT molecular complexity index is 1320. The van der Waals surface area contributed by atoms with Crippen LogP contribution in [0.2, 0.25) is 0 Å². The van der Waals surface area contributed by atoms with Crippen molar-refractivity contribution in [1.29, 1.82) is 0 Å². The van der Waals surface area contributed by atoms with Crippen molar-refractivity contribution in [3.63, 3.8) is 0 Å². The lowest BCUT2D eigenvalue weighted by atomic mass is 9.64. The lowest BCUT2D eigenvalue weighted by molar-refractivity contribution is -0.155. The quantitative estimate of drug-likeness (QED) is 0.278. The maximum atomic E-state index is 13.1. The summed E-state index contributed by atoms with van der Waals surface area (Å²) in [6, 6.07) is 24.3. The highest BCUT2D eigenvalue weighted by atomic mass is 16.5. The molecule has 0 amide bonds. The summed E-state index contributed by atoms with van der Waals surface area (Å²) in [5.74, 6) is -0.331. The van der Waals surface area contributed by atoms with Crippen LogP contribution in [0.5, 0.6) is 0 Å². The van der Waals surface area contributed by atoms with Crippen LogP contribution in [0, 0.1) is 16.7 Å². The van der Waals surface area contributed by atoms with E-state index in [0.717, 1.165) is 18.4 Å². The zero-order chi connectivity index (χ0) is 26.2. The monoisotopic (exact) mass is 496 g/mol. The third kappa shape index (κ3) is 4.64. The van der Waals surface area contributed by atoms with E-state index in [0.29, 0.717) is 0 Å². The Hall–Kier alpha value is -3.24. The van der Waals surface area contributed by atoms with Gasteiger partial charge in [-0.1, -0.05) is 99.6 Å². The van der Waals surface area contributed by atoms with Crippen molar-refractivity contribution < 1.29 is 19.4 Å². The molecule has 5 rings (SSSR count). The summed E-state index contributed by atoms with van der Waals surface area (Å²) in [5, 5.41) is 12.9. The summed E-state index contributed by atoms with van der Waals surface area (Å²) in [4.78, 5) is 25.4. The van der Waals surface area contributed by atoms with Crippen LogP contribution >= 0.6 is 0 Å². The zero-order valence-corrected chi connectivity index (χ0v) is 21.9. The van der Waals surface area contributed by atoms with Crippen LogP contribution in [0.15, 0.2) is 78.9 Å². The smallest absolute Gasteiger partial charge is 0.308 e. The number of benzene rings is 3. The minimum Gasteiger partial charge on any atom is -0.461 e. The zero-order valence-electron chi connectivity index (χ0n) is 21.9. The number of carbonyl (C=O) groups is 2. The number of rotatable bonds is 8. The van der Waals surface area contributed by atoms with E-state index in [-0.39, 0.29) is 47.4 Å². The highest BCUT2D eigenvalue weighted by Crippen LogP contribution is 2.72. The molecule has 4 heteroatoms. The van der Waals surface area contributed by atoms with Gasteiger partial charge in [0.2, 0.25) is 0 Å². The average Bonchev–Trinajstić information content (AvgIpc) is 3.20. The Kier molecular flexibility index (Phi) is 6.80. The van der Waals surface area contributed by atoms with Gasteiger partial charge in [0, 0.05) is 18.3 Å². The van der Waals surface area contributed by atoms with E-state index in [1.165, 1.54) is 22.4 Å². The van der Waals surface area contributed by atoms with Crippen molar-refractivity contribution in [3.05, 3.63) is 90.0 Å². The average molecular weight is 497 g/mol.